The van der Waals surface area contributed by atoms with E-state index in [0.29, 0.717) is 0 Å². The Bertz CT molecular complexity index is 1250. The van der Waals surface area contributed by atoms with Crippen LogP contribution in [0.3, 0.4) is 0 Å². The highest BCUT2D eigenvalue weighted by Gasteiger charge is 2.21. The van der Waals surface area contributed by atoms with E-state index in [4.69, 9.17) is 0 Å². The van der Waals surface area contributed by atoms with Crippen LogP contribution in [0.15, 0.2) is 66.7 Å². The topological polar surface area (TPSA) is 3.88 Å². The number of para-hydroxylation sites is 1. The largest absolute Gasteiger partial charge is 0.213 e. The van der Waals surface area contributed by atoms with E-state index in [1.807, 2.05) is 0 Å². The minimum atomic E-state index is 0.972. The van der Waals surface area contributed by atoms with Gasteiger partial charge in [0, 0.05) is 23.1 Å². The maximum absolute atomic E-state index is 2.45. The second-order valence-electron chi connectivity index (χ2n) is 8.92. The van der Waals surface area contributed by atoms with Crippen LogP contribution in [-0.2, 0) is 26.3 Å². The Kier molecular flexibility index (Phi) is 4.90. The molecule has 0 amide bonds. The van der Waals surface area contributed by atoms with Gasteiger partial charge < -0.3 is 0 Å². The highest BCUT2D eigenvalue weighted by molar-refractivity contribution is 5.82. The van der Waals surface area contributed by atoms with Crippen molar-refractivity contribution in [1.29, 1.82) is 0 Å². The molecule has 0 N–H and O–H groups in total. The number of aromatic nitrogens is 1. The molecule has 1 aromatic heterocycles. The number of hydrogen-bond donors (Lipinski definition) is 0. The van der Waals surface area contributed by atoms with E-state index in [9.17, 15) is 0 Å². The summed E-state index contributed by atoms with van der Waals surface area (Å²) in [5.41, 5.74) is 12.6. The van der Waals surface area contributed by atoms with Crippen molar-refractivity contribution in [3.63, 3.8) is 0 Å². The zero-order valence-electron chi connectivity index (χ0n) is 18.3. The van der Waals surface area contributed by atoms with Crippen LogP contribution in [-0.4, -0.2) is 0 Å². The van der Waals surface area contributed by atoms with Gasteiger partial charge in [0.1, 0.15) is 7.05 Å². The molecule has 0 spiro atoms. The molecule has 0 saturated carbocycles. The fourth-order valence-corrected chi connectivity index (χ4v) is 5.03. The van der Waals surface area contributed by atoms with E-state index < -0.39 is 0 Å². The van der Waals surface area contributed by atoms with Gasteiger partial charge in [-0.25, -0.2) is 0 Å². The molecule has 6 bridgehead atoms. The number of nitrogens with zero attached hydrogens (tertiary/aromatic N) is 1. The summed E-state index contributed by atoms with van der Waals surface area (Å²) in [6, 6.07) is 25.4. The first-order valence-corrected chi connectivity index (χ1v) is 11.2. The van der Waals surface area contributed by atoms with E-state index in [-0.39, 0.29) is 0 Å². The van der Waals surface area contributed by atoms with Crippen molar-refractivity contribution < 1.29 is 4.57 Å². The molecule has 3 aromatic carbocycles. The van der Waals surface area contributed by atoms with Crippen LogP contribution in [0.25, 0.3) is 22.2 Å². The number of rotatable bonds is 0. The molecule has 0 aliphatic heterocycles. The quantitative estimate of drug-likeness (QED) is 0.304. The highest BCUT2D eigenvalue weighted by atomic mass is 14.9. The Morgan fingerprint density at radius 1 is 0.733 bits per heavy atom. The van der Waals surface area contributed by atoms with Crippen LogP contribution in [0.2, 0.25) is 0 Å². The molecule has 1 heteroatoms. The average Bonchev–Trinajstić information content (AvgIpc) is 2.75. The second kappa shape index (κ2) is 7.72. The third-order valence-corrected chi connectivity index (χ3v) is 6.85. The average molecular weight is 393 g/mol. The van der Waals surface area contributed by atoms with Crippen molar-refractivity contribution in [3.8, 4) is 11.3 Å². The van der Waals surface area contributed by atoms with Gasteiger partial charge in [0.2, 0.25) is 11.2 Å². The first-order chi connectivity index (χ1) is 14.6. The standard InChI is InChI=1S/C29H30N/c1-20-15-23-10-5-4-9-22-11-8-12-24(16-22)17-25-19-29(27(18-23)21(20)2)30(3)28-14-7-6-13-26(25)28/h6-8,11-16,18-19H,4-5,9-10,17H2,1-3H3/q+1. The van der Waals surface area contributed by atoms with Crippen LogP contribution in [0, 0.1) is 13.8 Å². The molecule has 0 unspecified atom stereocenters. The molecule has 4 aromatic rings. The summed E-state index contributed by atoms with van der Waals surface area (Å²) in [6.07, 6.45) is 5.77. The van der Waals surface area contributed by atoms with Gasteiger partial charge in [-0.05, 0) is 91.5 Å². The Labute approximate surface area is 180 Å². The molecular formula is C29H30N+. The molecule has 0 saturated heterocycles. The van der Waals surface area contributed by atoms with Crippen molar-refractivity contribution in [1.82, 2.24) is 0 Å². The summed E-state index contributed by atoms with van der Waals surface area (Å²) in [5, 5.41) is 1.35. The second-order valence-corrected chi connectivity index (χ2v) is 8.92. The number of pyridine rings is 1. The molecule has 0 radical (unpaired) electrons. The molecule has 150 valence electrons. The number of fused-ring (bicyclic) bond motifs is 9. The van der Waals surface area contributed by atoms with Crippen LogP contribution in [0.1, 0.15) is 46.2 Å². The first kappa shape index (κ1) is 19.1. The Balaban J connectivity index is 1.81. The van der Waals surface area contributed by atoms with Crippen molar-refractivity contribution >= 4 is 10.9 Å². The van der Waals surface area contributed by atoms with Gasteiger partial charge in [-0.3, -0.25) is 0 Å². The van der Waals surface area contributed by atoms with E-state index in [1.54, 1.807) is 0 Å². The SMILES string of the molecule is Cc1cc2cc(c1C)-c1cc(c3ccccc3[n+]1C)Cc1cccc(c1)CCCC2. The maximum Gasteiger partial charge on any atom is 0.213 e. The van der Waals surface area contributed by atoms with Gasteiger partial charge in [0.15, 0.2) is 0 Å². The van der Waals surface area contributed by atoms with Gasteiger partial charge in [0.05, 0.1) is 0 Å². The van der Waals surface area contributed by atoms with Crippen LogP contribution < -0.4 is 4.57 Å². The van der Waals surface area contributed by atoms with Crippen LogP contribution in [0.4, 0.5) is 0 Å². The summed E-state index contributed by atoms with van der Waals surface area (Å²) in [4.78, 5) is 0. The van der Waals surface area contributed by atoms with Gasteiger partial charge in [-0.15, -0.1) is 0 Å². The zero-order valence-corrected chi connectivity index (χ0v) is 18.3. The molecule has 1 aliphatic rings. The fourth-order valence-electron chi connectivity index (χ4n) is 5.03. The van der Waals surface area contributed by atoms with Crippen molar-refractivity contribution in [3.05, 3.63) is 100 Å². The predicted molar refractivity (Wildman–Crippen MR) is 126 cm³/mol. The smallest absolute Gasteiger partial charge is 0.194 e. The molecule has 0 atom stereocenters. The summed E-state index contributed by atoms with van der Waals surface area (Å²) in [6.45, 7) is 4.54. The minimum absolute atomic E-state index is 0.972. The predicted octanol–water partition coefficient (Wildman–Crippen LogP) is 6.42. The summed E-state index contributed by atoms with van der Waals surface area (Å²) in [7, 11) is 2.21. The van der Waals surface area contributed by atoms with E-state index in [2.05, 4.69) is 92.2 Å². The van der Waals surface area contributed by atoms with Crippen molar-refractivity contribution in [2.45, 2.75) is 46.0 Å². The molecule has 30 heavy (non-hydrogen) atoms. The van der Waals surface area contributed by atoms with Gasteiger partial charge >= 0.3 is 0 Å². The normalized spacial score (nSPS) is 13.8. The number of hydrogen-bond acceptors (Lipinski definition) is 0. The van der Waals surface area contributed by atoms with E-state index in [0.717, 1.165) is 12.8 Å². The lowest BCUT2D eigenvalue weighted by atomic mass is 9.91. The van der Waals surface area contributed by atoms with Gasteiger partial charge in [-0.2, -0.15) is 4.57 Å². The Hall–Kier alpha value is -2.93. The third kappa shape index (κ3) is 3.43. The summed E-state index contributed by atoms with van der Waals surface area (Å²) >= 11 is 0. The molecule has 1 nitrogen and oxygen atoms in total. The van der Waals surface area contributed by atoms with Crippen LogP contribution in [0.5, 0.6) is 0 Å². The molecule has 0 fully saturated rings. The lowest BCUT2D eigenvalue weighted by Crippen LogP contribution is -2.33. The molecule has 1 heterocycles. The van der Waals surface area contributed by atoms with Crippen molar-refractivity contribution in [2.75, 3.05) is 0 Å². The number of aryl methyl sites for hydroxylation is 4. The highest BCUT2D eigenvalue weighted by Crippen LogP contribution is 2.30. The third-order valence-electron chi connectivity index (χ3n) is 6.85. The molecule has 1 aliphatic carbocycles. The van der Waals surface area contributed by atoms with Crippen LogP contribution >= 0.6 is 0 Å². The van der Waals surface area contributed by atoms with Crippen molar-refractivity contribution in [2.24, 2.45) is 7.05 Å². The Morgan fingerprint density at radius 3 is 2.37 bits per heavy atom. The maximum atomic E-state index is 2.45. The Morgan fingerprint density at radius 2 is 1.50 bits per heavy atom. The van der Waals surface area contributed by atoms with E-state index in [1.165, 1.54) is 74.8 Å². The van der Waals surface area contributed by atoms with E-state index >= 15 is 0 Å². The lowest BCUT2D eigenvalue weighted by Gasteiger charge is -2.15. The summed E-state index contributed by atoms with van der Waals surface area (Å²) < 4.78 is 2.38. The minimum Gasteiger partial charge on any atom is -0.194 e. The van der Waals surface area contributed by atoms with Gasteiger partial charge in [0.25, 0.3) is 0 Å². The van der Waals surface area contributed by atoms with Gasteiger partial charge in [-0.1, -0.05) is 42.5 Å². The molecular weight excluding hydrogens is 362 g/mol. The fraction of sp³-hybridized carbons (Fsp3) is 0.276. The number of benzene rings is 3. The molecule has 5 rings (SSSR count). The summed E-state index contributed by atoms with van der Waals surface area (Å²) in [5.74, 6) is 0. The first-order valence-electron chi connectivity index (χ1n) is 11.2. The lowest BCUT2D eigenvalue weighted by molar-refractivity contribution is -0.633. The monoisotopic (exact) mass is 392 g/mol. The zero-order chi connectivity index (χ0) is 20.7.